The van der Waals surface area contributed by atoms with Gasteiger partial charge in [0, 0.05) is 12.8 Å². The zero-order chi connectivity index (χ0) is 32.9. The third-order valence-corrected chi connectivity index (χ3v) is 6.98. The maximum Gasteiger partial charge on any atom is 0.573 e. The molecule has 0 aliphatic carbocycles. The van der Waals surface area contributed by atoms with Gasteiger partial charge in [0.15, 0.2) is 5.16 Å². The molecule has 1 unspecified atom stereocenters. The zero-order valence-electron chi connectivity index (χ0n) is 24.5. The molecule has 0 saturated heterocycles. The molecule has 0 saturated carbocycles. The Morgan fingerprint density at radius 3 is 1.64 bits per heavy atom. The Balaban J connectivity index is 1.69. The van der Waals surface area contributed by atoms with Gasteiger partial charge in [0.2, 0.25) is 11.8 Å². The number of esters is 1. The number of carbonyl (C=O) groups excluding carboxylic acids is 1. The van der Waals surface area contributed by atoms with Crippen molar-refractivity contribution in [3.8, 4) is 23.3 Å². The Hall–Kier alpha value is -3.88. The fourth-order valence-corrected chi connectivity index (χ4v) is 4.81. The van der Waals surface area contributed by atoms with Crippen LogP contribution in [0.3, 0.4) is 0 Å². The van der Waals surface area contributed by atoms with E-state index in [1.54, 1.807) is 6.92 Å². The second-order valence-corrected chi connectivity index (χ2v) is 10.6. The molecule has 8 nitrogen and oxygen atoms in total. The summed E-state index contributed by atoms with van der Waals surface area (Å²) in [7, 11) is 0. The molecular weight excluding hydrogens is 630 g/mol. The second-order valence-electron chi connectivity index (χ2n) is 9.41. The van der Waals surface area contributed by atoms with E-state index in [0.717, 1.165) is 24.6 Å². The van der Waals surface area contributed by atoms with Gasteiger partial charge in [-0.15, -0.1) is 26.3 Å². The second kappa shape index (κ2) is 17.0. The summed E-state index contributed by atoms with van der Waals surface area (Å²) in [6, 6.07) is 12.2. The minimum Gasteiger partial charge on any atom is -0.477 e. The maximum absolute atomic E-state index is 12.6. The van der Waals surface area contributed by atoms with Crippen molar-refractivity contribution < 1.29 is 54.8 Å². The monoisotopic (exact) mass is 662 g/mol. The lowest BCUT2D eigenvalue weighted by molar-refractivity contribution is -0.275. The number of carbonyl (C=O) groups is 1. The van der Waals surface area contributed by atoms with E-state index in [1.165, 1.54) is 54.6 Å². The quantitative estimate of drug-likeness (QED) is 0.0624. The van der Waals surface area contributed by atoms with E-state index in [9.17, 15) is 31.1 Å². The number of benzene rings is 2. The topological polar surface area (TPSA) is 89.0 Å². The summed E-state index contributed by atoms with van der Waals surface area (Å²) in [5.41, 5.74) is 1.39. The van der Waals surface area contributed by atoms with Crippen LogP contribution in [-0.2, 0) is 22.4 Å². The maximum atomic E-state index is 12.6. The first-order valence-electron chi connectivity index (χ1n) is 14.0. The van der Waals surface area contributed by atoms with Crippen molar-refractivity contribution in [2.24, 2.45) is 0 Å². The third kappa shape index (κ3) is 13.7. The molecule has 0 amide bonds. The molecule has 1 heterocycles. The highest BCUT2D eigenvalue weighted by molar-refractivity contribution is 8.00. The van der Waals surface area contributed by atoms with Gasteiger partial charge < -0.3 is 23.7 Å². The number of ether oxygens (including phenoxy) is 5. The van der Waals surface area contributed by atoms with Gasteiger partial charge in [-0.3, -0.25) is 4.79 Å². The molecule has 0 bridgehead atoms. The van der Waals surface area contributed by atoms with Gasteiger partial charge in [0.25, 0.3) is 0 Å². The average Bonchev–Trinajstić information content (AvgIpc) is 2.95. The summed E-state index contributed by atoms with van der Waals surface area (Å²) in [6.45, 7) is 4.15. The summed E-state index contributed by atoms with van der Waals surface area (Å²) < 4.78 is 99.1. The van der Waals surface area contributed by atoms with Crippen molar-refractivity contribution in [2.75, 3.05) is 19.8 Å². The Bertz CT molecular complexity index is 1260. The predicted octanol–water partition coefficient (Wildman–Crippen LogP) is 7.73. The van der Waals surface area contributed by atoms with E-state index in [0.29, 0.717) is 30.4 Å². The van der Waals surface area contributed by atoms with Crippen molar-refractivity contribution in [1.82, 2.24) is 9.97 Å². The molecule has 15 heteroatoms. The highest BCUT2D eigenvalue weighted by Crippen LogP contribution is 2.29. The van der Waals surface area contributed by atoms with Crippen molar-refractivity contribution in [3.63, 3.8) is 0 Å². The molecule has 2 aromatic carbocycles. The van der Waals surface area contributed by atoms with E-state index in [-0.39, 0.29) is 48.2 Å². The number of rotatable bonds is 17. The van der Waals surface area contributed by atoms with Crippen LogP contribution in [0.15, 0.2) is 59.8 Å². The van der Waals surface area contributed by atoms with Crippen molar-refractivity contribution in [1.29, 1.82) is 0 Å². The number of hydrogen-bond donors (Lipinski definition) is 0. The fourth-order valence-electron chi connectivity index (χ4n) is 3.82. The number of aromatic nitrogens is 2. The number of nitrogens with zero attached hydrogens (tertiary/aromatic N) is 2. The van der Waals surface area contributed by atoms with Gasteiger partial charge in [-0.25, -0.2) is 0 Å². The molecule has 0 aliphatic rings. The van der Waals surface area contributed by atoms with Crippen LogP contribution in [0.2, 0.25) is 0 Å². The SMILES string of the molecule is CCCCC(Sc1nc(OCCc2ccc(OC(F)(F)F)cc2)cc(OCCc2ccc(OC(F)(F)F)cc2)n1)C(=O)OCC. The highest BCUT2D eigenvalue weighted by Gasteiger charge is 2.31. The summed E-state index contributed by atoms with van der Waals surface area (Å²) in [4.78, 5) is 21.4. The van der Waals surface area contributed by atoms with Crippen molar-refractivity contribution >= 4 is 17.7 Å². The molecule has 1 atom stereocenters. The van der Waals surface area contributed by atoms with Gasteiger partial charge in [0.05, 0.1) is 25.9 Å². The van der Waals surface area contributed by atoms with Crippen LogP contribution in [0.5, 0.6) is 23.3 Å². The van der Waals surface area contributed by atoms with Gasteiger partial charge in [-0.1, -0.05) is 55.8 Å². The molecule has 3 rings (SSSR count). The van der Waals surface area contributed by atoms with Gasteiger partial charge in [-0.2, -0.15) is 9.97 Å². The number of halogens is 6. The van der Waals surface area contributed by atoms with Crippen LogP contribution in [0.1, 0.15) is 44.2 Å². The minimum absolute atomic E-state index is 0.115. The van der Waals surface area contributed by atoms with Crippen LogP contribution in [-0.4, -0.2) is 53.7 Å². The fraction of sp³-hybridized carbons (Fsp3) is 0.433. The molecule has 0 radical (unpaired) electrons. The molecule has 246 valence electrons. The first kappa shape index (κ1) is 35.6. The standard InChI is InChI=1S/C30H32F6N2O6S/c1-3-5-6-24(27(39)40-4-2)45-28-37-25(41-17-15-20-7-11-22(12-8-20)43-29(31,32)33)19-26(38-28)42-18-16-21-9-13-23(14-10-21)44-30(34,35)36/h7-14,19,24H,3-6,15-18H2,1-2H3. The largest absolute Gasteiger partial charge is 0.573 e. The Kier molecular flexibility index (Phi) is 13.4. The van der Waals surface area contributed by atoms with Crippen LogP contribution in [0.25, 0.3) is 0 Å². The predicted molar refractivity (Wildman–Crippen MR) is 152 cm³/mol. The molecule has 0 aliphatic heterocycles. The molecule has 0 N–H and O–H groups in total. The number of unbranched alkanes of at least 4 members (excludes halogenated alkanes) is 1. The van der Waals surface area contributed by atoms with Gasteiger partial charge in [-0.05, 0) is 48.7 Å². The van der Waals surface area contributed by atoms with E-state index in [1.807, 2.05) is 6.92 Å². The zero-order valence-corrected chi connectivity index (χ0v) is 25.3. The van der Waals surface area contributed by atoms with Crippen molar-refractivity contribution in [2.45, 2.75) is 69.1 Å². The normalized spacial score (nSPS) is 12.4. The molecule has 0 spiro atoms. The lowest BCUT2D eigenvalue weighted by Gasteiger charge is -2.15. The Morgan fingerprint density at radius 1 is 0.778 bits per heavy atom. The molecule has 3 aromatic rings. The van der Waals surface area contributed by atoms with Gasteiger partial charge in [0.1, 0.15) is 16.7 Å². The summed E-state index contributed by atoms with van der Waals surface area (Å²) in [5.74, 6) is -0.783. The average molecular weight is 663 g/mol. The first-order valence-corrected chi connectivity index (χ1v) is 14.9. The van der Waals surface area contributed by atoms with Crippen LogP contribution in [0, 0.1) is 0 Å². The molecule has 0 fully saturated rings. The van der Waals surface area contributed by atoms with Crippen molar-refractivity contribution in [3.05, 3.63) is 65.7 Å². The van der Waals surface area contributed by atoms with Crippen LogP contribution < -0.4 is 18.9 Å². The Labute approximate surface area is 260 Å². The minimum atomic E-state index is -4.79. The molecular formula is C30H32F6N2O6S. The Morgan fingerprint density at radius 2 is 1.24 bits per heavy atom. The number of thioether (sulfide) groups is 1. The lowest BCUT2D eigenvalue weighted by Crippen LogP contribution is -2.21. The van der Waals surface area contributed by atoms with Gasteiger partial charge >= 0.3 is 18.7 Å². The highest BCUT2D eigenvalue weighted by atomic mass is 32.2. The summed E-state index contributed by atoms with van der Waals surface area (Å²) in [6.07, 6.45) is -6.72. The number of alkyl halides is 6. The smallest absolute Gasteiger partial charge is 0.477 e. The number of hydrogen-bond acceptors (Lipinski definition) is 9. The lowest BCUT2D eigenvalue weighted by atomic mass is 10.1. The molecule has 45 heavy (non-hydrogen) atoms. The molecule has 1 aromatic heterocycles. The summed E-state index contributed by atoms with van der Waals surface area (Å²) in [5, 5.41) is -0.359. The van der Waals surface area contributed by atoms with Crippen LogP contribution >= 0.6 is 11.8 Å². The van der Waals surface area contributed by atoms with E-state index >= 15 is 0 Å². The van der Waals surface area contributed by atoms with E-state index in [4.69, 9.17) is 14.2 Å². The van der Waals surface area contributed by atoms with Crippen LogP contribution in [0.4, 0.5) is 26.3 Å². The summed E-state index contributed by atoms with van der Waals surface area (Å²) >= 11 is 1.11. The first-order chi connectivity index (χ1) is 21.3. The third-order valence-electron chi connectivity index (χ3n) is 5.87. The van der Waals surface area contributed by atoms with E-state index in [2.05, 4.69) is 19.4 Å². The van der Waals surface area contributed by atoms with E-state index < -0.39 is 23.9 Å².